The second-order valence-corrected chi connectivity index (χ2v) is 5.52. The van der Waals surface area contributed by atoms with E-state index in [1.54, 1.807) is 29.6 Å². The van der Waals surface area contributed by atoms with E-state index in [1.165, 1.54) is 11.3 Å². The summed E-state index contributed by atoms with van der Waals surface area (Å²) in [5.41, 5.74) is 0.537. The Morgan fingerprint density at radius 2 is 2.06 bits per heavy atom. The number of halogens is 2. The van der Waals surface area contributed by atoms with Gasteiger partial charge in [-0.25, -0.2) is 0 Å². The molecular weight excluding hydrogens is 297 g/mol. The van der Waals surface area contributed by atoms with Crippen molar-refractivity contribution in [1.82, 2.24) is 0 Å². The zero-order valence-electron chi connectivity index (χ0n) is 8.41. The van der Waals surface area contributed by atoms with Gasteiger partial charge in [-0.3, -0.25) is 4.79 Å². The van der Waals surface area contributed by atoms with Crippen molar-refractivity contribution in [2.45, 2.75) is 4.90 Å². The number of hydrogen-bond acceptors (Lipinski definition) is 3. The van der Waals surface area contributed by atoms with Crippen LogP contribution in [0, 0.1) is 0 Å². The van der Waals surface area contributed by atoms with E-state index in [-0.39, 0.29) is 5.91 Å². The van der Waals surface area contributed by atoms with Crippen LogP contribution >= 0.6 is 47.2 Å². The first-order valence-corrected chi connectivity index (χ1v) is 6.68. The molecule has 0 spiro atoms. The number of rotatable bonds is 2. The fraction of sp³-hybridized carbons (Fsp3) is 0. The number of carbonyl (C=O) groups is 1. The van der Waals surface area contributed by atoms with Crippen molar-refractivity contribution < 1.29 is 4.79 Å². The maximum atomic E-state index is 11.8. The normalized spacial score (nSPS) is 10.3. The van der Waals surface area contributed by atoms with Gasteiger partial charge in [0.2, 0.25) is 0 Å². The topological polar surface area (TPSA) is 29.1 Å². The highest BCUT2D eigenvalue weighted by atomic mass is 35.5. The molecule has 1 aromatic carbocycles. The van der Waals surface area contributed by atoms with Crippen molar-refractivity contribution in [1.29, 1.82) is 0 Å². The molecule has 0 unspecified atom stereocenters. The molecule has 88 valence electrons. The van der Waals surface area contributed by atoms with Crippen LogP contribution in [0.5, 0.6) is 0 Å². The van der Waals surface area contributed by atoms with Crippen LogP contribution in [0.15, 0.2) is 34.5 Å². The second kappa shape index (κ2) is 5.31. The average Bonchev–Trinajstić information content (AvgIpc) is 2.69. The lowest BCUT2D eigenvalue weighted by atomic mass is 10.3. The number of amides is 1. The number of thiol groups is 1. The van der Waals surface area contributed by atoms with Gasteiger partial charge in [-0.1, -0.05) is 23.2 Å². The molecule has 1 heterocycles. The van der Waals surface area contributed by atoms with Gasteiger partial charge in [-0.2, -0.15) is 0 Å². The van der Waals surface area contributed by atoms with Crippen LogP contribution in [-0.2, 0) is 0 Å². The van der Waals surface area contributed by atoms with E-state index >= 15 is 0 Å². The van der Waals surface area contributed by atoms with Crippen molar-refractivity contribution in [2.24, 2.45) is 0 Å². The largest absolute Gasteiger partial charge is 0.320 e. The van der Waals surface area contributed by atoms with E-state index in [0.717, 1.165) is 4.90 Å². The van der Waals surface area contributed by atoms with E-state index in [4.69, 9.17) is 23.2 Å². The average molecular weight is 304 g/mol. The van der Waals surface area contributed by atoms with Crippen LogP contribution in [0.1, 0.15) is 9.67 Å². The van der Waals surface area contributed by atoms with Gasteiger partial charge >= 0.3 is 0 Å². The monoisotopic (exact) mass is 303 g/mol. The molecule has 0 radical (unpaired) electrons. The number of thiophene rings is 1. The summed E-state index contributed by atoms with van der Waals surface area (Å²) in [6.45, 7) is 0. The van der Waals surface area contributed by atoms with Crippen LogP contribution in [0.3, 0.4) is 0 Å². The predicted octanol–water partition coefficient (Wildman–Crippen LogP) is 4.60. The molecule has 0 saturated carbocycles. The SMILES string of the molecule is O=C(Nc1ccc(Cl)cc1Cl)c1cc(S)cs1. The van der Waals surface area contributed by atoms with E-state index in [1.807, 2.05) is 0 Å². The van der Waals surface area contributed by atoms with E-state index in [0.29, 0.717) is 20.6 Å². The zero-order valence-corrected chi connectivity index (χ0v) is 11.6. The maximum absolute atomic E-state index is 11.8. The lowest BCUT2D eigenvalue weighted by Gasteiger charge is -2.05. The van der Waals surface area contributed by atoms with Crippen molar-refractivity contribution in [3.8, 4) is 0 Å². The van der Waals surface area contributed by atoms with E-state index in [9.17, 15) is 4.79 Å². The maximum Gasteiger partial charge on any atom is 0.265 e. The van der Waals surface area contributed by atoms with Crippen LogP contribution in [0.2, 0.25) is 10.0 Å². The number of anilines is 1. The third kappa shape index (κ3) is 3.16. The molecule has 1 aromatic heterocycles. The molecule has 0 bridgehead atoms. The summed E-state index contributed by atoms with van der Waals surface area (Å²) in [5.74, 6) is -0.209. The molecule has 2 rings (SSSR count). The summed E-state index contributed by atoms with van der Waals surface area (Å²) in [5, 5.41) is 5.45. The first-order chi connectivity index (χ1) is 8.06. The lowest BCUT2D eigenvalue weighted by Crippen LogP contribution is -2.10. The van der Waals surface area contributed by atoms with Crippen LogP contribution < -0.4 is 5.32 Å². The molecule has 0 fully saturated rings. The summed E-state index contributed by atoms with van der Waals surface area (Å²) >= 11 is 17.2. The van der Waals surface area contributed by atoms with Crippen molar-refractivity contribution in [3.63, 3.8) is 0 Å². The molecule has 0 aliphatic rings. The van der Waals surface area contributed by atoms with Gasteiger partial charge in [0, 0.05) is 15.3 Å². The Balaban J connectivity index is 2.18. The molecule has 0 aliphatic heterocycles. The van der Waals surface area contributed by atoms with Crippen LogP contribution in [0.25, 0.3) is 0 Å². The Bertz CT molecular complexity index is 568. The van der Waals surface area contributed by atoms with Crippen LogP contribution in [-0.4, -0.2) is 5.91 Å². The Kier molecular flexibility index (Phi) is 3.99. The third-order valence-electron chi connectivity index (χ3n) is 1.99. The summed E-state index contributed by atoms with van der Waals surface area (Å²) in [7, 11) is 0. The number of benzene rings is 1. The highest BCUT2D eigenvalue weighted by Crippen LogP contribution is 2.26. The van der Waals surface area contributed by atoms with Gasteiger partial charge in [-0.15, -0.1) is 24.0 Å². The number of nitrogens with one attached hydrogen (secondary N) is 1. The summed E-state index contributed by atoms with van der Waals surface area (Å²) in [6, 6.07) is 6.61. The Hall–Kier alpha value is -0.680. The lowest BCUT2D eigenvalue weighted by molar-refractivity contribution is 0.103. The molecule has 0 saturated heterocycles. The quantitative estimate of drug-likeness (QED) is 0.780. The summed E-state index contributed by atoms with van der Waals surface area (Å²) < 4.78 is 0. The van der Waals surface area contributed by atoms with Crippen LogP contribution in [0.4, 0.5) is 5.69 Å². The van der Waals surface area contributed by atoms with Gasteiger partial charge in [0.15, 0.2) is 0 Å². The van der Waals surface area contributed by atoms with Gasteiger partial charge < -0.3 is 5.32 Å². The van der Waals surface area contributed by atoms with Gasteiger partial charge in [0.1, 0.15) is 0 Å². The first kappa shape index (κ1) is 12.8. The van der Waals surface area contributed by atoms with Gasteiger partial charge in [-0.05, 0) is 24.3 Å². The molecule has 0 atom stereocenters. The molecule has 2 aromatic rings. The molecule has 17 heavy (non-hydrogen) atoms. The molecule has 6 heteroatoms. The fourth-order valence-electron chi connectivity index (χ4n) is 1.22. The molecule has 0 aliphatic carbocycles. The van der Waals surface area contributed by atoms with Gasteiger partial charge in [0.05, 0.1) is 15.6 Å². The number of hydrogen-bond donors (Lipinski definition) is 2. The minimum Gasteiger partial charge on any atom is -0.320 e. The molecule has 1 N–H and O–H groups in total. The van der Waals surface area contributed by atoms with Crippen molar-refractivity contribution >= 4 is 58.8 Å². The smallest absolute Gasteiger partial charge is 0.265 e. The molecule has 2 nitrogen and oxygen atoms in total. The molecule has 1 amide bonds. The summed E-state index contributed by atoms with van der Waals surface area (Å²) in [6.07, 6.45) is 0. The Labute approximate surface area is 118 Å². The molecular formula is C11H7Cl2NOS2. The van der Waals surface area contributed by atoms with E-state index < -0.39 is 0 Å². The fourth-order valence-corrected chi connectivity index (χ4v) is 2.72. The minimum absolute atomic E-state index is 0.209. The Morgan fingerprint density at radius 3 is 2.65 bits per heavy atom. The van der Waals surface area contributed by atoms with Gasteiger partial charge in [0.25, 0.3) is 5.91 Å². The van der Waals surface area contributed by atoms with Crippen molar-refractivity contribution in [2.75, 3.05) is 5.32 Å². The zero-order chi connectivity index (χ0) is 12.4. The highest BCUT2D eigenvalue weighted by Gasteiger charge is 2.10. The standard InChI is InChI=1S/C11H7Cl2NOS2/c12-6-1-2-9(8(13)3-6)14-11(15)10-4-7(16)5-17-10/h1-5,16H,(H,14,15). The Morgan fingerprint density at radius 1 is 1.29 bits per heavy atom. The minimum atomic E-state index is -0.209. The number of carbonyl (C=O) groups excluding carboxylic acids is 1. The van der Waals surface area contributed by atoms with Crippen molar-refractivity contribution in [3.05, 3.63) is 44.6 Å². The highest BCUT2D eigenvalue weighted by molar-refractivity contribution is 7.80. The summed E-state index contributed by atoms with van der Waals surface area (Å²) in [4.78, 5) is 13.2. The second-order valence-electron chi connectivity index (χ2n) is 3.25. The third-order valence-corrected chi connectivity index (χ3v) is 3.90. The predicted molar refractivity (Wildman–Crippen MR) is 76.0 cm³/mol. The first-order valence-electron chi connectivity index (χ1n) is 4.60. The van der Waals surface area contributed by atoms with E-state index in [2.05, 4.69) is 17.9 Å².